The van der Waals surface area contributed by atoms with E-state index in [0.29, 0.717) is 5.56 Å². The number of hydrogen-bond acceptors (Lipinski definition) is 3. The van der Waals surface area contributed by atoms with Crippen molar-refractivity contribution in [1.82, 2.24) is 19.7 Å². The Balaban J connectivity index is 1.60. The summed E-state index contributed by atoms with van der Waals surface area (Å²) < 4.78 is 1.86. The minimum atomic E-state index is -0.149. The molecule has 6 heteroatoms. The Morgan fingerprint density at radius 3 is 2.92 bits per heavy atom. The summed E-state index contributed by atoms with van der Waals surface area (Å²) in [4.78, 5) is 15.6. The van der Waals surface area contributed by atoms with E-state index in [2.05, 4.69) is 20.5 Å². The maximum atomic E-state index is 12.5. The number of H-pyrrole nitrogens is 1. The standard InChI is InChI=1S/C18H15N5O/c1-12-22-20-11-23(12)16-4-2-3-15(10-16)21-18(24)14-6-5-13-7-8-19-17(13)9-14/h2-11,19H,1H3,(H,21,24). The number of carbonyl (C=O) groups excluding carboxylic acids is 1. The summed E-state index contributed by atoms with van der Waals surface area (Å²) in [7, 11) is 0. The van der Waals surface area contributed by atoms with Crippen molar-refractivity contribution in [3.63, 3.8) is 0 Å². The molecular formula is C18H15N5O. The number of fused-ring (bicyclic) bond motifs is 1. The molecule has 2 heterocycles. The molecule has 4 aromatic rings. The number of hydrogen-bond donors (Lipinski definition) is 2. The summed E-state index contributed by atoms with van der Waals surface area (Å²) >= 11 is 0. The molecule has 0 atom stereocenters. The van der Waals surface area contributed by atoms with Crippen molar-refractivity contribution in [3.8, 4) is 5.69 Å². The number of nitrogens with one attached hydrogen (secondary N) is 2. The van der Waals surface area contributed by atoms with Gasteiger partial charge >= 0.3 is 0 Å². The summed E-state index contributed by atoms with van der Waals surface area (Å²) in [6, 6.07) is 15.1. The first-order chi connectivity index (χ1) is 11.7. The first-order valence-corrected chi connectivity index (χ1v) is 7.56. The van der Waals surface area contributed by atoms with Crippen LogP contribution in [0, 0.1) is 6.92 Å². The number of amides is 1. The van der Waals surface area contributed by atoms with E-state index in [1.54, 1.807) is 6.33 Å². The van der Waals surface area contributed by atoms with Gasteiger partial charge in [0.05, 0.1) is 5.69 Å². The van der Waals surface area contributed by atoms with Crippen LogP contribution < -0.4 is 5.32 Å². The van der Waals surface area contributed by atoms with Crippen molar-refractivity contribution < 1.29 is 4.79 Å². The minimum absolute atomic E-state index is 0.149. The number of carbonyl (C=O) groups is 1. The molecule has 0 unspecified atom stereocenters. The molecule has 118 valence electrons. The summed E-state index contributed by atoms with van der Waals surface area (Å²) in [5.41, 5.74) is 3.17. The molecule has 0 spiro atoms. The number of aromatic amines is 1. The van der Waals surface area contributed by atoms with Crippen molar-refractivity contribution in [2.24, 2.45) is 0 Å². The highest BCUT2D eigenvalue weighted by molar-refractivity contribution is 6.06. The van der Waals surface area contributed by atoms with Crippen LogP contribution in [-0.4, -0.2) is 25.7 Å². The molecular weight excluding hydrogens is 302 g/mol. The molecule has 0 aliphatic carbocycles. The zero-order chi connectivity index (χ0) is 16.5. The van der Waals surface area contributed by atoms with Crippen molar-refractivity contribution >= 4 is 22.5 Å². The first-order valence-electron chi connectivity index (χ1n) is 7.56. The summed E-state index contributed by atoms with van der Waals surface area (Å²) in [5, 5.41) is 11.9. The van der Waals surface area contributed by atoms with E-state index in [1.165, 1.54) is 0 Å². The molecule has 0 fully saturated rings. The van der Waals surface area contributed by atoms with Gasteiger partial charge in [0.25, 0.3) is 5.91 Å². The van der Waals surface area contributed by atoms with Crippen LogP contribution in [0.5, 0.6) is 0 Å². The number of benzene rings is 2. The van der Waals surface area contributed by atoms with Crippen LogP contribution in [0.3, 0.4) is 0 Å². The Hall–Kier alpha value is -3.41. The topological polar surface area (TPSA) is 75.6 Å². The fraction of sp³-hybridized carbons (Fsp3) is 0.0556. The van der Waals surface area contributed by atoms with E-state index in [9.17, 15) is 4.79 Å². The third kappa shape index (κ3) is 2.54. The molecule has 2 N–H and O–H groups in total. The lowest BCUT2D eigenvalue weighted by atomic mass is 10.1. The molecule has 2 aromatic carbocycles. The third-order valence-corrected chi connectivity index (χ3v) is 3.92. The van der Waals surface area contributed by atoms with Crippen LogP contribution in [0.25, 0.3) is 16.6 Å². The van der Waals surface area contributed by atoms with Crippen molar-refractivity contribution in [1.29, 1.82) is 0 Å². The Labute approximate surface area is 138 Å². The zero-order valence-corrected chi connectivity index (χ0v) is 13.0. The van der Waals surface area contributed by atoms with Gasteiger partial charge in [0.15, 0.2) is 0 Å². The van der Waals surface area contributed by atoms with Gasteiger partial charge in [-0.15, -0.1) is 10.2 Å². The van der Waals surface area contributed by atoms with Gasteiger partial charge in [-0.1, -0.05) is 12.1 Å². The van der Waals surface area contributed by atoms with Gasteiger partial charge in [0.2, 0.25) is 0 Å². The smallest absolute Gasteiger partial charge is 0.255 e. The van der Waals surface area contributed by atoms with Gasteiger partial charge in [0, 0.05) is 23.0 Å². The van der Waals surface area contributed by atoms with Gasteiger partial charge < -0.3 is 10.3 Å². The van der Waals surface area contributed by atoms with Crippen LogP contribution in [-0.2, 0) is 0 Å². The Morgan fingerprint density at radius 1 is 1.17 bits per heavy atom. The summed E-state index contributed by atoms with van der Waals surface area (Å²) in [5.74, 6) is 0.639. The normalized spacial score (nSPS) is 10.9. The summed E-state index contributed by atoms with van der Waals surface area (Å²) in [6.45, 7) is 1.88. The number of aryl methyl sites for hydroxylation is 1. The molecule has 0 aliphatic heterocycles. The quantitative estimate of drug-likeness (QED) is 0.608. The maximum absolute atomic E-state index is 12.5. The lowest BCUT2D eigenvalue weighted by Gasteiger charge is -2.09. The molecule has 1 amide bonds. The maximum Gasteiger partial charge on any atom is 0.255 e. The van der Waals surface area contributed by atoms with Gasteiger partial charge in [-0.25, -0.2) is 0 Å². The Kier molecular flexibility index (Phi) is 3.35. The van der Waals surface area contributed by atoms with Crippen molar-refractivity contribution in [2.45, 2.75) is 6.92 Å². The van der Waals surface area contributed by atoms with Crippen molar-refractivity contribution in [3.05, 3.63) is 72.4 Å². The Bertz CT molecular complexity index is 1030. The van der Waals surface area contributed by atoms with Gasteiger partial charge in [-0.05, 0) is 48.7 Å². The molecule has 0 aliphatic rings. The largest absolute Gasteiger partial charge is 0.361 e. The van der Waals surface area contributed by atoms with E-state index < -0.39 is 0 Å². The molecule has 4 rings (SSSR count). The van der Waals surface area contributed by atoms with Crippen LogP contribution in [0.2, 0.25) is 0 Å². The van der Waals surface area contributed by atoms with Gasteiger partial charge in [-0.2, -0.15) is 0 Å². The second kappa shape index (κ2) is 5.66. The molecule has 0 bridgehead atoms. The van der Waals surface area contributed by atoms with E-state index in [1.807, 2.05) is 66.2 Å². The number of aromatic nitrogens is 4. The second-order valence-electron chi connectivity index (χ2n) is 5.53. The molecule has 6 nitrogen and oxygen atoms in total. The average molecular weight is 317 g/mol. The summed E-state index contributed by atoms with van der Waals surface area (Å²) in [6.07, 6.45) is 3.51. The van der Waals surface area contributed by atoms with Crippen LogP contribution in [0.4, 0.5) is 5.69 Å². The lowest BCUT2D eigenvalue weighted by molar-refractivity contribution is 0.102. The van der Waals surface area contributed by atoms with Crippen LogP contribution >= 0.6 is 0 Å². The molecule has 0 saturated carbocycles. The monoisotopic (exact) mass is 317 g/mol. The lowest BCUT2D eigenvalue weighted by Crippen LogP contribution is -2.12. The van der Waals surface area contributed by atoms with E-state index in [4.69, 9.17) is 0 Å². The molecule has 2 aromatic heterocycles. The predicted molar refractivity (Wildman–Crippen MR) is 92.3 cm³/mol. The zero-order valence-electron chi connectivity index (χ0n) is 13.0. The molecule has 0 saturated heterocycles. The van der Waals surface area contributed by atoms with Crippen molar-refractivity contribution in [2.75, 3.05) is 5.32 Å². The van der Waals surface area contributed by atoms with Crippen LogP contribution in [0.15, 0.2) is 61.1 Å². The number of rotatable bonds is 3. The highest BCUT2D eigenvalue weighted by Crippen LogP contribution is 2.18. The molecule has 0 radical (unpaired) electrons. The average Bonchev–Trinajstić information content (AvgIpc) is 3.22. The fourth-order valence-electron chi connectivity index (χ4n) is 2.67. The number of anilines is 1. The fourth-order valence-corrected chi connectivity index (χ4v) is 2.67. The first kappa shape index (κ1) is 14.2. The van der Waals surface area contributed by atoms with Crippen LogP contribution in [0.1, 0.15) is 16.2 Å². The van der Waals surface area contributed by atoms with E-state index >= 15 is 0 Å². The third-order valence-electron chi connectivity index (χ3n) is 3.92. The second-order valence-corrected chi connectivity index (χ2v) is 5.53. The number of nitrogens with zero attached hydrogens (tertiary/aromatic N) is 3. The highest BCUT2D eigenvalue weighted by Gasteiger charge is 2.09. The van der Waals surface area contributed by atoms with E-state index in [0.717, 1.165) is 28.1 Å². The van der Waals surface area contributed by atoms with E-state index in [-0.39, 0.29) is 5.91 Å². The van der Waals surface area contributed by atoms with Gasteiger partial charge in [0.1, 0.15) is 12.2 Å². The Morgan fingerprint density at radius 2 is 2.08 bits per heavy atom. The highest BCUT2D eigenvalue weighted by atomic mass is 16.1. The SMILES string of the molecule is Cc1nncn1-c1cccc(NC(=O)c2ccc3cc[nH]c3c2)c1. The predicted octanol–water partition coefficient (Wildman–Crippen LogP) is 3.31. The minimum Gasteiger partial charge on any atom is -0.361 e. The van der Waals surface area contributed by atoms with Gasteiger partial charge in [-0.3, -0.25) is 9.36 Å². The molecule has 24 heavy (non-hydrogen) atoms.